The van der Waals surface area contributed by atoms with Crippen LogP contribution in [0.5, 0.6) is 5.75 Å². The summed E-state index contributed by atoms with van der Waals surface area (Å²) in [7, 11) is 1.99. The fraction of sp³-hybridized carbons (Fsp3) is 0.438. The van der Waals surface area contributed by atoms with Gasteiger partial charge in [-0.25, -0.2) is 4.98 Å². The summed E-state index contributed by atoms with van der Waals surface area (Å²) in [5, 5.41) is 3.30. The van der Waals surface area contributed by atoms with E-state index < -0.39 is 0 Å². The molecule has 20 heavy (non-hydrogen) atoms. The van der Waals surface area contributed by atoms with Crippen molar-refractivity contribution in [3.63, 3.8) is 0 Å². The van der Waals surface area contributed by atoms with E-state index in [0.29, 0.717) is 12.6 Å². The summed E-state index contributed by atoms with van der Waals surface area (Å²) >= 11 is 0. The van der Waals surface area contributed by atoms with Gasteiger partial charge < -0.3 is 14.6 Å². The molecule has 1 aromatic heterocycles. The lowest BCUT2D eigenvalue weighted by atomic mass is 10.1. The zero-order chi connectivity index (χ0) is 14.4. The topological polar surface area (TPSA) is 39.1 Å². The van der Waals surface area contributed by atoms with Gasteiger partial charge >= 0.3 is 0 Å². The van der Waals surface area contributed by atoms with Gasteiger partial charge in [0.25, 0.3) is 0 Å². The van der Waals surface area contributed by atoms with Crippen LogP contribution in [0.4, 0.5) is 0 Å². The summed E-state index contributed by atoms with van der Waals surface area (Å²) in [5.74, 6) is 1.84. The van der Waals surface area contributed by atoms with E-state index in [0.717, 1.165) is 24.5 Å². The van der Waals surface area contributed by atoms with Gasteiger partial charge in [0.1, 0.15) is 18.2 Å². The van der Waals surface area contributed by atoms with E-state index in [9.17, 15) is 0 Å². The lowest BCUT2D eigenvalue weighted by Crippen LogP contribution is -2.14. The Bertz CT molecular complexity index is 515. The standard InChI is InChI=1S/C16H23N3O/c1-4-15(17-3)13-6-8-14(9-7-13)20-12-16-18-10-11-19(16)5-2/h6-11,15,17H,4-5,12H2,1-3H3. The van der Waals surface area contributed by atoms with E-state index >= 15 is 0 Å². The third-order valence-corrected chi connectivity index (χ3v) is 3.55. The molecule has 4 heteroatoms. The third-order valence-electron chi connectivity index (χ3n) is 3.55. The van der Waals surface area contributed by atoms with Gasteiger partial charge in [0.15, 0.2) is 0 Å². The Morgan fingerprint density at radius 1 is 1.25 bits per heavy atom. The number of ether oxygens (including phenoxy) is 1. The van der Waals surface area contributed by atoms with Gasteiger partial charge in [0.2, 0.25) is 0 Å². The van der Waals surface area contributed by atoms with Crippen LogP contribution in [0.1, 0.15) is 37.7 Å². The molecule has 0 spiro atoms. The van der Waals surface area contributed by atoms with Crippen LogP contribution in [0.25, 0.3) is 0 Å². The molecule has 2 rings (SSSR count). The number of imidazole rings is 1. The van der Waals surface area contributed by atoms with Crippen LogP contribution in [0.3, 0.4) is 0 Å². The van der Waals surface area contributed by atoms with Crippen LogP contribution in [-0.2, 0) is 13.2 Å². The number of rotatable bonds is 7. The van der Waals surface area contributed by atoms with Gasteiger partial charge in [-0.3, -0.25) is 0 Å². The molecule has 1 aromatic carbocycles. The number of aromatic nitrogens is 2. The Kier molecular flexibility index (Phi) is 5.18. The maximum absolute atomic E-state index is 5.79. The first kappa shape index (κ1) is 14.6. The van der Waals surface area contributed by atoms with Crippen molar-refractivity contribution in [2.45, 2.75) is 39.5 Å². The minimum Gasteiger partial charge on any atom is -0.486 e. The van der Waals surface area contributed by atoms with Crippen molar-refractivity contribution in [1.82, 2.24) is 14.9 Å². The highest BCUT2D eigenvalue weighted by atomic mass is 16.5. The van der Waals surface area contributed by atoms with E-state index in [1.807, 2.05) is 31.6 Å². The predicted molar refractivity (Wildman–Crippen MR) is 80.8 cm³/mol. The molecule has 0 bridgehead atoms. The van der Waals surface area contributed by atoms with Crippen molar-refractivity contribution in [3.8, 4) is 5.75 Å². The van der Waals surface area contributed by atoms with Gasteiger partial charge in [-0.15, -0.1) is 0 Å². The summed E-state index contributed by atoms with van der Waals surface area (Å²) in [5.41, 5.74) is 1.29. The minimum absolute atomic E-state index is 0.406. The zero-order valence-electron chi connectivity index (χ0n) is 12.5. The van der Waals surface area contributed by atoms with Gasteiger partial charge in [-0.05, 0) is 38.1 Å². The largest absolute Gasteiger partial charge is 0.486 e. The van der Waals surface area contributed by atoms with E-state index in [2.05, 4.69) is 40.8 Å². The molecule has 0 aliphatic carbocycles. The van der Waals surface area contributed by atoms with Crippen molar-refractivity contribution >= 4 is 0 Å². The number of benzene rings is 1. The molecule has 0 radical (unpaired) electrons. The second kappa shape index (κ2) is 7.10. The highest BCUT2D eigenvalue weighted by Gasteiger charge is 2.07. The van der Waals surface area contributed by atoms with Gasteiger partial charge in [0.05, 0.1) is 0 Å². The summed E-state index contributed by atoms with van der Waals surface area (Å²) in [6.07, 6.45) is 4.86. The Balaban J connectivity index is 1.97. The molecule has 0 saturated carbocycles. The fourth-order valence-electron chi connectivity index (χ4n) is 2.32. The molecule has 108 valence electrons. The molecule has 0 amide bonds. The fourth-order valence-corrected chi connectivity index (χ4v) is 2.32. The third kappa shape index (κ3) is 3.39. The molecular formula is C16H23N3O. The molecule has 1 N–H and O–H groups in total. The number of nitrogens with zero attached hydrogens (tertiary/aromatic N) is 2. The summed E-state index contributed by atoms with van der Waals surface area (Å²) in [6, 6.07) is 8.69. The maximum Gasteiger partial charge on any atom is 0.146 e. The Labute approximate surface area is 120 Å². The molecule has 0 fully saturated rings. The molecule has 4 nitrogen and oxygen atoms in total. The Morgan fingerprint density at radius 3 is 2.60 bits per heavy atom. The zero-order valence-corrected chi connectivity index (χ0v) is 12.5. The van der Waals surface area contributed by atoms with Crippen molar-refractivity contribution < 1.29 is 4.74 Å². The first-order chi connectivity index (χ1) is 9.78. The van der Waals surface area contributed by atoms with E-state index in [1.54, 1.807) is 0 Å². The first-order valence-corrected chi connectivity index (χ1v) is 7.18. The van der Waals surface area contributed by atoms with E-state index in [-0.39, 0.29) is 0 Å². The summed E-state index contributed by atoms with van der Waals surface area (Å²) in [4.78, 5) is 4.30. The number of hydrogen-bond donors (Lipinski definition) is 1. The Morgan fingerprint density at radius 2 is 2.00 bits per heavy atom. The summed E-state index contributed by atoms with van der Waals surface area (Å²) < 4.78 is 7.88. The van der Waals surface area contributed by atoms with Gasteiger partial charge in [0, 0.05) is 25.0 Å². The number of nitrogens with one attached hydrogen (secondary N) is 1. The summed E-state index contributed by atoms with van der Waals surface area (Å²) in [6.45, 7) is 5.69. The van der Waals surface area contributed by atoms with E-state index in [1.165, 1.54) is 5.56 Å². The molecule has 1 heterocycles. The van der Waals surface area contributed by atoms with Gasteiger partial charge in [-0.1, -0.05) is 19.1 Å². The maximum atomic E-state index is 5.79. The molecule has 0 aliphatic heterocycles. The Hall–Kier alpha value is -1.81. The number of aryl methyl sites for hydroxylation is 1. The monoisotopic (exact) mass is 273 g/mol. The van der Waals surface area contributed by atoms with Crippen LogP contribution in [0.15, 0.2) is 36.7 Å². The quantitative estimate of drug-likeness (QED) is 0.842. The van der Waals surface area contributed by atoms with Crippen LogP contribution < -0.4 is 10.1 Å². The van der Waals surface area contributed by atoms with Crippen LogP contribution >= 0.6 is 0 Å². The lowest BCUT2D eigenvalue weighted by Gasteiger charge is -2.15. The first-order valence-electron chi connectivity index (χ1n) is 7.18. The average molecular weight is 273 g/mol. The normalized spacial score (nSPS) is 12.3. The molecule has 1 atom stereocenters. The minimum atomic E-state index is 0.406. The van der Waals surface area contributed by atoms with E-state index in [4.69, 9.17) is 4.74 Å². The molecule has 0 aliphatic rings. The van der Waals surface area contributed by atoms with Crippen molar-refractivity contribution in [2.24, 2.45) is 0 Å². The van der Waals surface area contributed by atoms with Crippen molar-refractivity contribution in [1.29, 1.82) is 0 Å². The predicted octanol–water partition coefficient (Wildman–Crippen LogP) is 3.15. The van der Waals surface area contributed by atoms with Crippen LogP contribution in [0, 0.1) is 0 Å². The number of hydrogen-bond acceptors (Lipinski definition) is 3. The van der Waals surface area contributed by atoms with Crippen LogP contribution in [0.2, 0.25) is 0 Å². The molecule has 2 aromatic rings. The van der Waals surface area contributed by atoms with Crippen molar-refractivity contribution in [3.05, 3.63) is 48.0 Å². The average Bonchev–Trinajstić information content (AvgIpc) is 2.95. The molecule has 1 unspecified atom stereocenters. The highest BCUT2D eigenvalue weighted by Crippen LogP contribution is 2.20. The lowest BCUT2D eigenvalue weighted by molar-refractivity contribution is 0.290. The van der Waals surface area contributed by atoms with Gasteiger partial charge in [-0.2, -0.15) is 0 Å². The van der Waals surface area contributed by atoms with Crippen LogP contribution in [-0.4, -0.2) is 16.6 Å². The smallest absolute Gasteiger partial charge is 0.146 e. The second-order valence-corrected chi connectivity index (χ2v) is 4.74. The van der Waals surface area contributed by atoms with Crippen molar-refractivity contribution in [2.75, 3.05) is 7.05 Å². The second-order valence-electron chi connectivity index (χ2n) is 4.74. The molecule has 0 saturated heterocycles. The SMILES string of the molecule is CCC(NC)c1ccc(OCc2nccn2CC)cc1. The highest BCUT2D eigenvalue weighted by molar-refractivity contribution is 5.29. The molecular weight excluding hydrogens is 250 g/mol.